The Balaban J connectivity index is 2.77. The molecule has 1 heterocycles. The molecule has 0 bridgehead atoms. The van der Waals surface area contributed by atoms with Crippen LogP contribution in [-0.4, -0.2) is 5.75 Å². The van der Waals surface area contributed by atoms with Crippen molar-refractivity contribution in [1.29, 1.82) is 0 Å². The first-order chi connectivity index (χ1) is 4.74. The molecule has 1 rings (SSSR count). The van der Waals surface area contributed by atoms with Crippen LogP contribution in [-0.2, 0) is 6.42 Å². The van der Waals surface area contributed by atoms with Crippen molar-refractivity contribution in [2.24, 2.45) is 0 Å². The van der Waals surface area contributed by atoms with Crippen LogP contribution in [0.25, 0.3) is 0 Å². The normalized spacial score (nSPS) is 10.3. The van der Waals surface area contributed by atoms with Gasteiger partial charge in [-0.15, -0.1) is 11.3 Å². The number of thiol groups is 1. The summed E-state index contributed by atoms with van der Waals surface area (Å²) in [6.07, 6.45) is 1.08. The van der Waals surface area contributed by atoms with Gasteiger partial charge in [-0.05, 0) is 41.1 Å². The third-order valence-corrected chi connectivity index (χ3v) is 3.69. The Kier molecular flexibility index (Phi) is 3.27. The van der Waals surface area contributed by atoms with Gasteiger partial charge < -0.3 is 0 Å². The first-order valence-corrected chi connectivity index (χ1v) is 5.34. The van der Waals surface area contributed by atoms with E-state index in [2.05, 4.69) is 41.5 Å². The summed E-state index contributed by atoms with van der Waals surface area (Å²) in [4.78, 5) is 2.77. The fourth-order valence-electron chi connectivity index (χ4n) is 0.751. The van der Waals surface area contributed by atoms with Crippen molar-refractivity contribution < 1.29 is 0 Å². The molecule has 0 saturated carbocycles. The Labute approximate surface area is 79.2 Å². The van der Waals surface area contributed by atoms with Crippen molar-refractivity contribution >= 4 is 39.9 Å². The Morgan fingerprint density at radius 1 is 1.70 bits per heavy atom. The van der Waals surface area contributed by atoms with Gasteiger partial charge in [-0.25, -0.2) is 0 Å². The molecular weight excluding hydrogens is 228 g/mol. The molecule has 1 aromatic rings. The monoisotopic (exact) mass is 236 g/mol. The molecule has 0 aliphatic rings. The number of halogens is 1. The molecular formula is C7H9BrS2. The van der Waals surface area contributed by atoms with E-state index in [1.807, 2.05) is 11.3 Å². The smallest absolute Gasteiger partial charge is 0.0314 e. The second-order valence-electron chi connectivity index (χ2n) is 2.09. The molecule has 0 aliphatic carbocycles. The van der Waals surface area contributed by atoms with Crippen molar-refractivity contribution in [2.75, 3.05) is 5.75 Å². The van der Waals surface area contributed by atoms with Gasteiger partial charge in [0.25, 0.3) is 0 Å². The summed E-state index contributed by atoms with van der Waals surface area (Å²) < 4.78 is 1.23. The van der Waals surface area contributed by atoms with Crippen LogP contribution >= 0.6 is 39.9 Å². The van der Waals surface area contributed by atoms with Gasteiger partial charge in [-0.1, -0.05) is 0 Å². The third-order valence-electron chi connectivity index (χ3n) is 1.27. The maximum absolute atomic E-state index is 4.17. The lowest BCUT2D eigenvalue weighted by atomic mass is 10.4. The van der Waals surface area contributed by atoms with Crippen LogP contribution in [0.4, 0.5) is 0 Å². The highest BCUT2D eigenvalue weighted by Crippen LogP contribution is 2.26. The van der Waals surface area contributed by atoms with E-state index in [0.29, 0.717) is 0 Å². The van der Waals surface area contributed by atoms with Gasteiger partial charge >= 0.3 is 0 Å². The van der Waals surface area contributed by atoms with Gasteiger partial charge in [0.05, 0.1) is 0 Å². The maximum Gasteiger partial charge on any atom is 0.0314 e. The fourth-order valence-corrected chi connectivity index (χ4v) is 2.74. The zero-order valence-corrected chi connectivity index (χ0v) is 9.02. The Bertz CT molecular complexity index is 198. The van der Waals surface area contributed by atoms with E-state index in [1.54, 1.807) is 0 Å². The zero-order valence-electron chi connectivity index (χ0n) is 5.72. The quantitative estimate of drug-likeness (QED) is 0.750. The van der Waals surface area contributed by atoms with Gasteiger partial charge in [0.15, 0.2) is 0 Å². The number of thiophene rings is 1. The molecule has 0 saturated heterocycles. The lowest BCUT2D eigenvalue weighted by Gasteiger charge is -1.86. The molecule has 0 atom stereocenters. The first-order valence-electron chi connectivity index (χ1n) is 3.09. The van der Waals surface area contributed by atoms with Gasteiger partial charge in [-0.2, -0.15) is 12.6 Å². The Morgan fingerprint density at radius 3 is 2.80 bits per heavy atom. The molecule has 1 aromatic heterocycles. The molecule has 10 heavy (non-hydrogen) atoms. The van der Waals surface area contributed by atoms with E-state index in [1.165, 1.54) is 14.2 Å². The van der Waals surface area contributed by atoms with Crippen molar-refractivity contribution in [3.05, 3.63) is 20.3 Å². The van der Waals surface area contributed by atoms with E-state index >= 15 is 0 Å². The molecule has 0 N–H and O–H groups in total. The minimum Gasteiger partial charge on any atom is -0.179 e. The highest BCUT2D eigenvalue weighted by Gasteiger charge is 2.00. The third kappa shape index (κ3) is 2.01. The highest BCUT2D eigenvalue weighted by atomic mass is 79.9. The van der Waals surface area contributed by atoms with E-state index in [0.717, 1.165) is 12.2 Å². The summed E-state index contributed by atoms with van der Waals surface area (Å²) in [6.45, 7) is 2.12. The van der Waals surface area contributed by atoms with Crippen molar-refractivity contribution in [3.8, 4) is 0 Å². The van der Waals surface area contributed by atoms with Crippen molar-refractivity contribution in [3.63, 3.8) is 0 Å². The van der Waals surface area contributed by atoms with Crippen LogP contribution in [0.2, 0.25) is 0 Å². The van der Waals surface area contributed by atoms with Crippen LogP contribution in [0.3, 0.4) is 0 Å². The zero-order chi connectivity index (χ0) is 7.56. The lowest BCUT2D eigenvalue weighted by molar-refractivity contribution is 1.21. The van der Waals surface area contributed by atoms with Gasteiger partial charge in [0.1, 0.15) is 0 Å². The molecule has 0 nitrogen and oxygen atoms in total. The van der Waals surface area contributed by atoms with E-state index in [9.17, 15) is 0 Å². The minimum atomic E-state index is 0.937. The summed E-state index contributed by atoms with van der Waals surface area (Å²) in [5, 5.41) is 0. The van der Waals surface area contributed by atoms with Crippen LogP contribution in [0.1, 0.15) is 9.75 Å². The van der Waals surface area contributed by atoms with Gasteiger partial charge in [-0.3, -0.25) is 0 Å². The summed E-state index contributed by atoms with van der Waals surface area (Å²) in [6, 6.07) is 2.18. The average molecular weight is 237 g/mol. The Hall–Kier alpha value is 0.530. The number of rotatable bonds is 2. The Morgan fingerprint density at radius 2 is 2.40 bits per heavy atom. The summed E-state index contributed by atoms with van der Waals surface area (Å²) in [5.41, 5.74) is 0. The second-order valence-corrected chi connectivity index (χ2v) is 4.73. The summed E-state index contributed by atoms with van der Waals surface area (Å²) in [7, 11) is 0. The fraction of sp³-hybridized carbons (Fsp3) is 0.429. The SMILES string of the molecule is Cc1sc(CCS)cc1Br. The molecule has 56 valence electrons. The molecule has 3 heteroatoms. The number of aryl methyl sites for hydroxylation is 2. The molecule has 0 unspecified atom stereocenters. The van der Waals surface area contributed by atoms with E-state index in [4.69, 9.17) is 0 Å². The molecule has 0 spiro atoms. The van der Waals surface area contributed by atoms with E-state index < -0.39 is 0 Å². The molecule has 0 fully saturated rings. The molecule has 0 aromatic carbocycles. The van der Waals surface area contributed by atoms with Crippen LogP contribution in [0, 0.1) is 6.92 Å². The second kappa shape index (κ2) is 3.79. The predicted octanol–water partition coefficient (Wildman–Crippen LogP) is 3.29. The minimum absolute atomic E-state index is 0.937. The van der Waals surface area contributed by atoms with Crippen LogP contribution < -0.4 is 0 Å². The number of hydrogen-bond acceptors (Lipinski definition) is 2. The van der Waals surface area contributed by atoms with Crippen LogP contribution in [0.15, 0.2) is 10.5 Å². The molecule has 0 amide bonds. The van der Waals surface area contributed by atoms with Crippen molar-refractivity contribution in [2.45, 2.75) is 13.3 Å². The van der Waals surface area contributed by atoms with Crippen molar-refractivity contribution in [1.82, 2.24) is 0 Å². The standard InChI is InChI=1S/C7H9BrS2/c1-5-7(8)4-6(10-5)2-3-9/h4,9H,2-3H2,1H3. The topological polar surface area (TPSA) is 0 Å². The molecule has 0 radical (unpaired) electrons. The average Bonchev–Trinajstić information content (AvgIpc) is 2.14. The summed E-state index contributed by atoms with van der Waals surface area (Å²) >= 11 is 9.48. The lowest BCUT2D eigenvalue weighted by Crippen LogP contribution is -1.77. The summed E-state index contributed by atoms with van der Waals surface area (Å²) in [5.74, 6) is 0.937. The predicted molar refractivity (Wildman–Crippen MR) is 54.3 cm³/mol. The van der Waals surface area contributed by atoms with Crippen LogP contribution in [0.5, 0.6) is 0 Å². The van der Waals surface area contributed by atoms with E-state index in [-0.39, 0.29) is 0 Å². The first kappa shape index (κ1) is 8.62. The van der Waals surface area contributed by atoms with Gasteiger partial charge in [0, 0.05) is 14.2 Å². The number of hydrogen-bond donors (Lipinski definition) is 1. The highest BCUT2D eigenvalue weighted by molar-refractivity contribution is 9.10. The largest absolute Gasteiger partial charge is 0.179 e. The van der Waals surface area contributed by atoms with Gasteiger partial charge in [0.2, 0.25) is 0 Å². The maximum atomic E-state index is 4.17. The molecule has 0 aliphatic heterocycles.